The molecule has 3 aromatic rings. The van der Waals surface area contributed by atoms with Crippen molar-refractivity contribution in [2.45, 2.75) is 19.4 Å². The number of hydrogen-bond acceptors (Lipinski definition) is 6. The molecule has 4 rings (SSSR count). The molecule has 6 nitrogen and oxygen atoms in total. The molecular formula is C17H16N4O2S. The van der Waals surface area contributed by atoms with Crippen molar-refractivity contribution in [2.24, 2.45) is 0 Å². The average Bonchev–Trinajstić information content (AvgIpc) is 3.23. The average molecular weight is 340 g/mol. The highest BCUT2D eigenvalue weighted by molar-refractivity contribution is 7.20. The van der Waals surface area contributed by atoms with Gasteiger partial charge in [-0.05, 0) is 25.1 Å². The Labute approximate surface area is 143 Å². The molecule has 0 saturated carbocycles. The van der Waals surface area contributed by atoms with Gasteiger partial charge in [0.25, 0.3) is 5.91 Å². The van der Waals surface area contributed by atoms with Crippen LogP contribution >= 0.6 is 11.3 Å². The number of fused-ring (bicyclic) bond motifs is 1. The number of carbonyl (C=O) groups is 1. The first-order valence-electron chi connectivity index (χ1n) is 7.81. The van der Waals surface area contributed by atoms with Crippen LogP contribution in [0.3, 0.4) is 0 Å². The van der Waals surface area contributed by atoms with Crippen molar-refractivity contribution in [2.75, 3.05) is 13.1 Å². The molecule has 122 valence electrons. The zero-order chi connectivity index (χ0) is 16.5. The highest BCUT2D eigenvalue weighted by Gasteiger charge is 2.30. The van der Waals surface area contributed by atoms with E-state index in [1.807, 2.05) is 37.3 Å². The fraction of sp³-hybridized carbons (Fsp3) is 0.294. The van der Waals surface area contributed by atoms with Crippen LogP contribution in [-0.4, -0.2) is 45.2 Å². The molecule has 1 aliphatic heterocycles. The SMILES string of the molecule is Cc1ccc(OC2CCN(C(=O)c3nc4ccccc4s3)C2)nn1. The molecule has 1 atom stereocenters. The number of likely N-dealkylation sites (tertiary alicyclic amines) is 1. The Morgan fingerprint density at radius 1 is 1.25 bits per heavy atom. The van der Waals surface area contributed by atoms with Crippen LogP contribution in [-0.2, 0) is 0 Å². The summed E-state index contributed by atoms with van der Waals surface area (Å²) in [6.45, 7) is 3.09. The summed E-state index contributed by atoms with van der Waals surface area (Å²) in [5.41, 5.74) is 1.72. The smallest absolute Gasteiger partial charge is 0.283 e. The first-order valence-corrected chi connectivity index (χ1v) is 8.62. The van der Waals surface area contributed by atoms with E-state index in [1.165, 1.54) is 11.3 Å². The van der Waals surface area contributed by atoms with Crippen molar-refractivity contribution >= 4 is 27.5 Å². The second-order valence-corrected chi connectivity index (χ2v) is 6.81. The number of aromatic nitrogens is 3. The standard InChI is InChI=1S/C17H16N4O2S/c1-11-6-7-15(20-19-11)23-12-8-9-21(10-12)17(22)16-18-13-4-2-3-5-14(13)24-16/h2-7,12H,8-10H2,1H3. The lowest BCUT2D eigenvalue weighted by molar-refractivity contribution is 0.0771. The van der Waals surface area contributed by atoms with Gasteiger partial charge < -0.3 is 9.64 Å². The van der Waals surface area contributed by atoms with Gasteiger partial charge in [-0.15, -0.1) is 16.4 Å². The van der Waals surface area contributed by atoms with Crippen molar-refractivity contribution in [1.82, 2.24) is 20.1 Å². The summed E-state index contributed by atoms with van der Waals surface area (Å²) >= 11 is 1.43. The third kappa shape index (κ3) is 2.94. The molecule has 1 amide bonds. The third-order valence-electron chi connectivity index (χ3n) is 3.97. The highest BCUT2D eigenvalue weighted by Crippen LogP contribution is 2.24. The summed E-state index contributed by atoms with van der Waals surface area (Å²) in [7, 11) is 0. The lowest BCUT2D eigenvalue weighted by atomic mass is 10.3. The lowest BCUT2D eigenvalue weighted by Crippen LogP contribution is -2.31. The minimum absolute atomic E-state index is 0.0303. The summed E-state index contributed by atoms with van der Waals surface area (Å²) in [4.78, 5) is 18.9. The quantitative estimate of drug-likeness (QED) is 0.733. The summed E-state index contributed by atoms with van der Waals surface area (Å²) in [6.07, 6.45) is 0.729. The Kier molecular flexibility index (Phi) is 3.86. The van der Waals surface area contributed by atoms with Gasteiger partial charge in [-0.25, -0.2) is 4.98 Å². The molecule has 1 aromatic carbocycles. The maximum atomic E-state index is 12.6. The number of para-hydroxylation sites is 1. The molecule has 0 N–H and O–H groups in total. The molecule has 0 spiro atoms. The molecule has 7 heteroatoms. The maximum Gasteiger partial charge on any atom is 0.283 e. The molecule has 0 aliphatic carbocycles. The predicted octanol–water partition coefficient (Wildman–Crippen LogP) is 2.69. The number of nitrogens with zero attached hydrogens (tertiary/aromatic N) is 4. The molecule has 24 heavy (non-hydrogen) atoms. The van der Waals surface area contributed by atoms with E-state index in [2.05, 4.69) is 15.2 Å². The van der Waals surface area contributed by atoms with E-state index < -0.39 is 0 Å². The first kappa shape index (κ1) is 15.0. The van der Waals surface area contributed by atoms with E-state index in [9.17, 15) is 4.79 Å². The maximum absolute atomic E-state index is 12.6. The predicted molar refractivity (Wildman–Crippen MR) is 91.3 cm³/mol. The Hall–Kier alpha value is -2.54. The molecule has 1 fully saturated rings. The van der Waals surface area contributed by atoms with Crippen LogP contribution in [0.4, 0.5) is 0 Å². The highest BCUT2D eigenvalue weighted by atomic mass is 32.1. The fourth-order valence-electron chi connectivity index (χ4n) is 2.73. The molecule has 0 bridgehead atoms. The molecule has 1 unspecified atom stereocenters. The van der Waals surface area contributed by atoms with Crippen LogP contribution in [0.25, 0.3) is 10.2 Å². The van der Waals surface area contributed by atoms with Crippen LogP contribution in [0.5, 0.6) is 5.88 Å². The summed E-state index contributed by atoms with van der Waals surface area (Å²) in [5, 5.41) is 8.53. The molecule has 2 aromatic heterocycles. The van der Waals surface area contributed by atoms with Gasteiger partial charge in [0.1, 0.15) is 6.10 Å². The van der Waals surface area contributed by atoms with Crippen molar-refractivity contribution in [1.29, 1.82) is 0 Å². The van der Waals surface area contributed by atoms with Crippen molar-refractivity contribution in [3.63, 3.8) is 0 Å². The van der Waals surface area contributed by atoms with Gasteiger partial charge in [0.15, 0.2) is 5.01 Å². The summed E-state index contributed by atoms with van der Waals surface area (Å²) in [5.74, 6) is 0.470. The van der Waals surface area contributed by atoms with Gasteiger partial charge in [-0.2, -0.15) is 5.10 Å². The van der Waals surface area contributed by atoms with Gasteiger partial charge >= 0.3 is 0 Å². The molecular weight excluding hydrogens is 324 g/mol. The molecule has 3 heterocycles. The van der Waals surface area contributed by atoms with E-state index in [-0.39, 0.29) is 12.0 Å². The topological polar surface area (TPSA) is 68.2 Å². The zero-order valence-corrected chi connectivity index (χ0v) is 14.0. The summed E-state index contributed by atoms with van der Waals surface area (Å²) < 4.78 is 6.85. The van der Waals surface area contributed by atoms with E-state index in [0.717, 1.165) is 22.3 Å². The van der Waals surface area contributed by atoms with Crippen LogP contribution in [0.15, 0.2) is 36.4 Å². The Balaban J connectivity index is 1.44. The van der Waals surface area contributed by atoms with Crippen molar-refractivity contribution < 1.29 is 9.53 Å². The lowest BCUT2D eigenvalue weighted by Gasteiger charge is -2.15. The van der Waals surface area contributed by atoms with Gasteiger partial charge in [-0.1, -0.05) is 12.1 Å². The molecule has 1 saturated heterocycles. The number of thiazole rings is 1. The number of rotatable bonds is 3. The third-order valence-corrected chi connectivity index (χ3v) is 4.99. The Morgan fingerprint density at radius 2 is 2.12 bits per heavy atom. The minimum Gasteiger partial charge on any atom is -0.471 e. The fourth-order valence-corrected chi connectivity index (χ4v) is 3.66. The number of hydrogen-bond donors (Lipinski definition) is 0. The number of amides is 1. The van der Waals surface area contributed by atoms with Crippen LogP contribution in [0, 0.1) is 6.92 Å². The Morgan fingerprint density at radius 3 is 2.92 bits per heavy atom. The zero-order valence-electron chi connectivity index (χ0n) is 13.2. The van der Waals surface area contributed by atoms with Gasteiger partial charge in [-0.3, -0.25) is 4.79 Å². The van der Waals surface area contributed by atoms with E-state index >= 15 is 0 Å². The van der Waals surface area contributed by atoms with Gasteiger partial charge in [0, 0.05) is 19.0 Å². The number of benzene rings is 1. The van der Waals surface area contributed by atoms with Crippen LogP contribution < -0.4 is 4.74 Å². The van der Waals surface area contributed by atoms with Crippen LogP contribution in [0.1, 0.15) is 21.9 Å². The minimum atomic E-state index is -0.0552. The van der Waals surface area contributed by atoms with E-state index in [4.69, 9.17) is 4.74 Å². The van der Waals surface area contributed by atoms with Gasteiger partial charge in [0.05, 0.1) is 22.5 Å². The molecule has 1 aliphatic rings. The number of ether oxygens (including phenoxy) is 1. The molecule has 0 radical (unpaired) electrons. The summed E-state index contributed by atoms with van der Waals surface area (Å²) in [6, 6.07) is 11.5. The van der Waals surface area contributed by atoms with Crippen molar-refractivity contribution in [3.8, 4) is 5.88 Å². The normalized spacial score (nSPS) is 17.4. The Bertz CT molecular complexity index is 845. The monoisotopic (exact) mass is 340 g/mol. The van der Waals surface area contributed by atoms with Gasteiger partial charge in [0.2, 0.25) is 5.88 Å². The largest absolute Gasteiger partial charge is 0.471 e. The second-order valence-electron chi connectivity index (χ2n) is 5.78. The van der Waals surface area contributed by atoms with E-state index in [1.54, 1.807) is 11.0 Å². The number of aryl methyl sites for hydroxylation is 1. The van der Waals surface area contributed by atoms with Crippen LogP contribution in [0.2, 0.25) is 0 Å². The number of carbonyl (C=O) groups excluding carboxylic acids is 1. The van der Waals surface area contributed by atoms with Crippen molar-refractivity contribution in [3.05, 3.63) is 47.1 Å². The van der Waals surface area contributed by atoms with E-state index in [0.29, 0.717) is 24.0 Å². The second kappa shape index (κ2) is 6.16. The first-order chi connectivity index (χ1) is 11.7.